The third kappa shape index (κ3) is 6.11. The molecule has 0 aliphatic rings. The quantitative estimate of drug-likeness (QED) is 0.687. The number of rotatable bonds is 8. The highest BCUT2D eigenvalue weighted by Gasteiger charge is 2.09. The van der Waals surface area contributed by atoms with Gasteiger partial charge in [-0.3, -0.25) is 0 Å². The number of thiocarbonyl (C=S) groups is 1. The Hall–Kier alpha value is -1.98. The van der Waals surface area contributed by atoms with Crippen LogP contribution in [0.25, 0.3) is 0 Å². The highest BCUT2D eigenvalue weighted by Crippen LogP contribution is 2.30. The third-order valence-corrected chi connectivity index (χ3v) is 4.32. The summed E-state index contributed by atoms with van der Waals surface area (Å²) in [5.74, 6) is 1.51. The summed E-state index contributed by atoms with van der Waals surface area (Å²) in [6.07, 6.45) is 1.68. The number of hydrogen-bond donors (Lipinski definition) is 2. The van der Waals surface area contributed by atoms with E-state index in [9.17, 15) is 0 Å². The Morgan fingerprint density at radius 2 is 1.64 bits per heavy atom. The average Bonchev–Trinajstić information content (AvgIpc) is 2.63. The van der Waals surface area contributed by atoms with Gasteiger partial charge in [-0.05, 0) is 54.4 Å². The van der Waals surface area contributed by atoms with Crippen molar-refractivity contribution in [3.8, 4) is 11.5 Å². The van der Waals surface area contributed by atoms with Crippen molar-refractivity contribution < 1.29 is 9.47 Å². The summed E-state index contributed by atoms with van der Waals surface area (Å²) in [7, 11) is 3.29. The van der Waals surface area contributed by atoms with Crippen molar-refractivity contribution in [2.75, 3.05) is 27.3 Å². The van der Waals surface area contributed by atoms with Crippen LogP contribution in [0.1, 0.15) is 11.1 Å². The van der Waals surface area contributed by atoms with Gasteiger partial charge in [-0.2, -0.15) is 0 Å². The Morgan fingerprint density at radius 3 is 2.28 bits per heavy atom. The first-order valence-corrected chi connectivity index (χ1v) is 8.88. The van der Waals surface area contributed by atoms with E-state index in [1.807, 2.05) is 42.5 Å². The fourth-order valence-corrected chi connectivity index (χ4v) is 2.83. The predicted octanol–water partition coefficient (Wildman–Crippen LogP) is 3.61. The van der Waals surface area contributed by atoms with E-state index in [0.717, 1.165) is 48.0 Å². The van der Waals surface area contributed by atoms with Crippen LogP contribution in [0.4, 0.5) is 0 Å². The van der Waals surface area contributed by atoms with Gasteiger partial charge in [-0.15, -0.1) is 0 Å². The molecule has 0 aliphatic heterocycles. The lowest BCUT2D eigenvalue weighted by Crippen LogP contribution is -2.37. The van der Waals surface area contributed by atoms with Crippen LogP contribution in [-0.4, -0.2) is 32.4 Å². The molecule has 0 spiro atoms. The van der Waals surface area contributed by atoms with E-state index in [-0.39, 0.29) is 0 Å². The zero-order valence-corrected chi connectivity index (χ0v) is 16.0. The van der Waals surface area contributed by atoms with Gasteiger partial charge in [0, 0.05) is 18.1 Å². The molecule has 25 heavy (non-hydrogen) atoms. The smallest absolute Gasteiger partial charge is 0.166 e. The molecular weight excluding hydrogens is 356 g/mol. The molecule has 4 nitrogen and oxygen atoms in total. The minimum atomic E-state index is 0.649. The van der Waals surface area contributed by atoms with Crippen LogP contribution >= 0.6 is 23.8 Å². The van der Waals surface area contributed by atoms with Crippen LogP contribution in [0.15, 0.2) is 42.5 Å². The first kappa shape index (κ1) is 19.3. The Kier molecular flexibility index (Phi) is 7.82. The molecule has 0 radical (unpaired) electrons. The van der Waals surface area contributed by atoms with Gasteiger partial charge in [0.25, 0.3) is 0 Å². The van der Waals surface area contributed by atoms with Crippen LogP contribution in [0.5, 0.6) is 11.5 Å². The summed E-state index contributed by atoms with van der Waals surface area (Å²) in [5, 5.41) is 7.83. The van der Waals surface area contributed by atoms with E-state index in [1.54, 1.807) is 14.2 Å². The molecule has 0 atom stereocenters. The largest absolute Gasteiger partial charge is 0.493 e. The number of methoxy groups -OCH3 is 2. The highest BCUT2D eigenvalue weighted by molar-refractivity contribution is 7.80. The van der Waals surface area contributed by atoms with E-state index in [2.05, 4.69) is 10.6 Å². The number of ether oxygens (including phenoxy) is 2. The van der Waals surface area contributed by atoms with Gasteiger partial charge in [0.2, 0.25) is 0 Å². The molecule has 0 bridgehead atoms. The van der Waals surface area contributed by atoms with Crippen molar-refractivity contribution in [2.24, 2.45) is 0 Å². The minimum absolute atomic E-state index is 0.649. The molecule has 0 aliphatic carbocycles. The SMILES string of the molecule is COc1cccc(CCNC(=S)NCCc2ccc(Cl)cc2)c1OC. The maximum Gasteiger partial charge on any atom is 0.166 e. The highest BCUT2D eigenvalue weighted by atomic mass is 35.5. The monoisotopic (exact) mass is 378 g/mol. The maximum absolute atomic E-state index is 5.88. The van der Waals surface area contributed by atoms with Crippen molar-refractivity contribution >= 4 is 28.9 Å². The van der Waals surface area contributed by atoms with Crippen LogP contribution in [0.3, 0.4) is 0 Å². The lowest BCUT2D eigenvalue weighted by Gasteiger charge is -2.14. The summed E-state index contributed by atoms with van der Waals surface area (Å²) in [6.45, 7) is 1.49. The second-order valence-electron chi connectivity index (χ2n) is 5.46. The molecule has 0 heterocycles. The van der Waals surface area contributed by atoms with Crippen molar-refractivity contribution in [3.05, 3.63) is 58.6 Å². The van der Waals surface area contributed by atoms with E-state index >= 15 is 0 Å². The van der Waals surface area contributed by atoms with E-state index in [0.29, 0.717) is 5.11 Å². The normalized spacial score (nSPS) is 10.2. The predicted molar refractivity (Wildman–Crippen MR) is 107 cm³/mol. The van der Waals surface area contributed by atoms with Crippen molar-refractivity contribution in [3.63, 3.8) is 0 Å². The molecule has 6 heteroatoms. The maximum atomic E-state index is 5.88. The van der Waals surface area contributed by atoms with Gasteiger partial charge >= 0.3 is 0 Å². The third-order valence-electron chi connectivity index (χ3n) is 3.78. The molecule has 0 saturated carbocycles. The molecule has 0 unspecified atom stereocenters. The van der Waals surface area contributed by atoms with Crippen LogP contribution < -0.4 is 20.1 Å². The molecule has 0 amide bonds. The van der Waals surface area contributed by atoms with Crippen molar-refractivity contribution in [2.45, 2.75) is 12.8 Å². The van der Waals surface area contributed by atoms with Gasteiger partial charge < -0.3 is 20.1 Å². The minimum Gasteiger partial charge on any atom is -0.493 e. The number of nitrogens with one attached hydrogen (secondary N) is 2. The van der Waals surface area contributed by atoms with Crippen molar-refractivity contribution in [1.29, 1.82) is 0 Å². The standard InChI is InChI=1S/C19H23ClN2O2S/c1-23-17-5-3-4-15(18(17)24-2)11-13-22-19(25)21-12-10-14-6-8-16(20)9-7-14/h3-9H,10-13H2,1-2H3,(H2,21,22,25). The van der Waals surface area contributed by atoms with Gasteiger partial charge in [0.1, 0.15) is 0 Å². The molecule has 0 saturated heterocycles. The summed E-state index contributed by atoms with van der Waals surface area (Å²) < 4.78 is 10.8. The number of para-hydroxylation sites is 1. The average molecular weight is 379 g/mol. The van der Waals surface area contributed by atoms with Gasteiger partial charge in [0.05, 0.1) is 14.2 Å². The number of halogens is 1. The fourth-order valence-electron chi connectivity index (χ4n) is 2.50. The lowest BCUT2D eigenvalue weighted by molar-refractivity contribution is 0.351. The number of hydrogen-bond acceptors (Lipinski definition) is 3. The molecular formula is C19H23ClN2O2S. The van der Waals surface area contributed by atoms with Crippen LogP contribution in [0.2, 0.25) is 5.02 Å². The summed E-state index contributed by atoms with van der Waals surface area (Å²) in [5.41, 5.74) is 2.30. The second kappa shape index (κ2) is 10.1. The first-order chi connectivity index (χ1) is 12.1. The molecule has 2 aromatic carbocycles. The zero-order chi connectivity index (χ0) is 18.1. The molecule has 2 rings (SSSR count). The molecule has 2 N–H and O–H groups in total. The van der Waals surface area contributed by atoms with Gasteiger partial charge in [-0.25, -0.2) is 0 Å². The summed E-state index contributed by atoms with van der Waals surface area (Å²) in [4.78, 5) is 0. The van der Waals surface area contributed by atoms with Crippen molar-refractivity contribution in [1.82, 2.24) is 10.6 Å². The molecule has 134 valence electrons. The van der Waals surface area contributed by atoms with E-state index in [4.69, 9.17) is 33.3 Å². The topological polar surface area (TPSA) is 42.5 Å². The Balaban J connectivity index is 1.73. The fraction of sp³-hybridized carbons (Fsp3) is 0.316. The Morgan fingerprint density at radius 1 is 0.960 bits per heavy atom. The van der Waals surface area contributed by atoms with Gasteiger partial charge in [0.15, 0.2) is 16.6 Å². The lowest BCUT2D eigenvalue weighted by atomic mass is 10.1. The zero-order valence-electron chi connectivity index (χ0n) is 14.5. The van der Waals surface area contributed by atoms with E-state index in [1.165, 1.54) is 5.56 Å². The van der Waals surface area contributed by atoms with Gasteiger partial charge in [-0.1, -0.05) is 35.9 Å². The number of benzene rings is 2. The van der Waals surface area contributed by atoms with E-state index < -0.39 is 0 Å². The molecule has 0 aromatic heterocycles. The molecule has 2 aromatic rings. The summed E-state index contributed by atoms with van der Waals surface area (Å²) in [6, 6.07) is 13.7. The summed E-state index contributed by atoms with van der Waals surface area (Å²) >= 11 is 11.2. The van der Waals surface area contributed by atoms with Crippen LogP contribution in [0, 0.1) is 0 Å². The first-order valence-electron chi connectivity index (χ1n) is 8.10. The Bertz CT molecular complexity index is 692. The second-order valence-corrected chi connectivity index (χ2v) is 6.31. The van der Waals surface area contributed by atoms with Crippen LogP contribution in [-0.2, 0) is 12.8 Å². The Labute approximate surface area is 159 Å². The molecule has 0 fully saturated rings.